The van der Waals surface area contributed by atoms with E-state index in [1.807, 2.05) is 16.7 Å². The van der Waals surface area contributed by atoms with Crippen molar-refractivity contribution in [2.45, 2.75) is 32.4 Å². The van der Waals surface area contributed by atoms with Crippen molar-refractivity contribution in [3.63, 3.8) is 0 Å². The standard InChI is InChI=1S/C24H27N5O2/c1-26-22-21(23(30)27(2)24(26)31)29(20(25-22)16-28-13-6-3-7-14-28)15-18-11-8-10-17-9-4-5-12-19(17)18/h4-5,8-12H,3,6-7,13-16H2,1-2H3/p+1. The lowest BCUT2D eigenvalue weighted by molar-refractivity contribution is -0.919. The molecule has 7 heteroatoms. The summed E-state index contributed by atoms with van der Waals surface area (Å²) in [5, 5.41) is 2.35. The third kappa shape index (κ3) is 3.39. The number of benzene rings is 2. The zero-order valence-electron chi connectivity index (χ0n) is 18.1. The van der Waals surface area contributed by atoms with Crippen molar-refractivity contribution >= 4 is 21.9 Å². The van der Waals surface area contributed by atoms with Crippen molar-refractivity contribution in [1.82, 2.24) is 18.7 Å². The number of nitrogens with one attached hydrogen (secondary N) is 1. The summed E-state index contributed by atoms with van der Waals surface area (Å²) in [6.07, 6.45) is 3.73. The van der Waals surface area contributed by atoms with E-state index in [1.165, 1.54) is 51.1 Å². The Hall–Kier alpha value is -3.19. The lowest BCUT2D eigenvalue weighted by Crippen LogP contribution is -3.11. The fraction of sp³-hybridized carbons (Fsp3) is 0.375. The van der Waals surface area contributed by atoms with Gasteiger partial charge in [0.25, 0.3) is 5.56 Å². The minimum atomic E-state index is -0.343. The summed E-state index contributed by atoms with van der Waals surface area (Å²) in [5.41, 5.74) is 1.49. The van der Waals surface area contributed by atoms with Gasteiger partial charge in [0.05, 0.1) is 19.6 Å². The number of aryl methyl sites for hydroxylation is 1. The Labute approximate surface area is 180 Å². The van der Waals surface area contributed by atoms with Crippen LogP contribution in [0, 0.1) is 0 Å². The number of fused-ring (bicyclic) bond motifs is 2. The molecule has 0 spiro atoms. The monoisotopic (exact) mass is 418 g/mol. The van der Waals surface area contributed by atoms with Gasteiger partial charge in [-0.05, 0) is 35.6 Å². The van der Waals surface area contributed by atoms with Crippen molar-refractivity contribution < 1.29 is 4.90 Å². The van der Waals surface area contributed by atoms with E-state index in [0.29, 0.717) is 17.7 Å². The first-order valence-corrected chi connectivity index (χ1v) is 11.0. The molecule has 0 bridgehead atoms. The van der Waals surface area contributed by atoms with Crippen LogP contribution >= 0.6 is 0 Å². The molecule has 31 heavy (non-hydrogen) atoms. The maximum atomic E-state index is 13.2. The van der Waals surface area contributed by atoms with Crippen LogP contribution in [0.25, 0.3) is 21.9 Å². The SMILES string of the molecule is Cn1c(=O)c2c(nc(C[NH+]3CCCCC3)n2Cc2cccc3ccccc23)n(C)c1=O. The second-order valence-electron chi connectivity index (χ2n) is 8.62. The van der Waals surface area contributed by atoms with Crippen molar-refractivity contribution in [2.24, 2.45) is 14.1 Å². The fourth-order valence-corrected chi connectivity index (χ4v) is 4.85. The van der Waals surface area contributed by atoms with Gasteiger partial charge >= 0.3 is 5.69 Å². The van der Waals surface area contributed by atoms with Gasteiger partial charge in [-0.2, -0.15) is 0 Å². The van der Waals surface area contributed by atoms with Crippen LogP contribution in [-0.2, 0) is 27.2 Å². The molecule has 1 saturated heterocycles. The third-order valence-corrected chi connectivity index (χ3v) is 6.60. The van der Waals surface area contributed by atoms with Crippen molar-refractivity contribution in [3.05, 3.63) is 74.7 Å². The van der Waals surface area contributed by atoms with E-state index in [0.717, 1.165) is 31.0 Å². The molecular formula is C24H28N5O2+. The summed E-state index contributed by atoms with van der Waals surface area (Å²) < 4.78 is 4.72. The molecule has 0 aliphatic carbocycles. The number of nitrogens with zero attached hydrogens (tertiary/aromatic N) is 4. The molecule has 0 atom stereocenters. The highest BCUT2D eigenvalue weighted by Gasteiger charge is 2.23. The molecule has 5 rings (SSSR count). The molecule has 1 aliphatic rings. The van der Waals surface area contributed by atoms with E-state index in [-0.39, 0.29) is 11.2 Å². The Morgan fingerprint density at radius 1 is 0.935 bits per heavy atom. The van der Waals surface area contributed by atoms with Crippen molar-refractivity contribution in [2.75, 3.05) is 13.1 Å². The van der Waals surface area contributed by atoms with Gasteiger partial charge in [-0.15, -0.1) is 0 Å². The highest BCUT2D eigenvalue weighted by atomic mass is 16.2. The van der Waals surface area contributed by atoms with Crippen LogP contribution in [0.3, 0.4) is 0 Å². The molecule has 160 valence electrons. The molecule has 1 fully saturated rings. The number of rotatable bonds is 4. The largest absolute Gasteiger partial charge is 0.332 e. The second-order valence-corrected chi connectivity index (χ2v) is 8.62. The molecule has 3 heterocycles. The summed E-state index contributed by atoms with van der Waals surface area (Å²) in [4.78, 5) is 32.0. The average molecular weight is 419 g/mol. The molecule has 0 unspecified atom stereocenters. The zero-order valence-corrected chi connectivity index (χ0v) is 18.1. The maximum Gasteiger partial charge on any atom is 0.332 e. The first-order valence-electron chi connectivity index (χ1n) is 11.0. The smallest absolute Gasteiger partial charge is 0.329 e. The second kappa shape index (κ2) is 7.81. The minimum Gasteiger partial charge on any atom is -0.329 e. The Morgan fingerprint density at radius 2 is 1.68 bits per heavy atom. The Bertz CT molecular complexity index is 1380. The van der Waals surface area contributed by atoms with Gasteiger partial charge in [-0.1, -0.05) is 42.5 Å². The van der Waals surface area contributed by atoms with Crippen LogP contribution in [0.2, 0.25) is 0 Å². The van der Waals surface area contributed by atoms with E-state index >= 15 is 0 Å². The Balaban J connectivity index is 1.71. The lowest BCUT2D eigenvalue weighted by Gasteiger charge is -2.23. The van der Waals surface area contributed by atoms with E-state index < -0.39 is 0 Å². The number of hydrogen-bond donors (Lipinski definition) is 1. The summed E-state index contributed by atoms with van der Waals surface area (Å²) in [5.74, 6) is 0.873. The van der Waals surface area contributed by atoms with Crippen LogP contribution < -0.4 is 16.1 Å². The minimum absolute atomic E-state index is 0.286. The van der Waals surface area contributed by atoms with Crippen LogP contribution in [0.4, 0.5) is 0 Å². The normalized spacial score (nSPS) is 15.2. The lowest BCUT2D eigenvalue weighted by atomic mass is 10.0. The molecule has 4 aromatic rings. The third-order valence-electron chi connectivity index (χ3n) is 6.60. The van der Waals surface area contributed by atoms with Gasteiger partial charge in [0.2, 0.25) is 0 Å². The number of piperidine rings is 1. The molecule has 1 aliphatic heterocycles. The summed E-state index contributed by atoms with van der Waals surface area (Å²) in [6, 6.07) is 14.6. The fourth-order valence-electron chi connectivity index (χ4n) is 4.85. The number of imidazole rings is 1. The van der Waals surface area contributed by atoms with E-state index in [9.17, 15) is 9.59 Å². The molecule has 0 saturated carbocycles. The first kappa shape index (κ1) is 19.8. The zero-order chi connectivity index (χ0) is 21.5. The molecule has 0 radical (unpaired) electrons. The van der Waals surface area contributed by atoms with Gasteiger partial charge in [-0.25, -0.2) is 9.78 Å². The highest BCUT2D eigenvalue weighted by molar-refractivity contribution is 5.85. The van der Waals surface area contributed by atoms with Gasteiger partial charge < -0.3 is 9.47 Å². The van der Waals surface area contributed by atoms with Crippen molar-refractivity contribution in [3.8, 4) is 0 Å². The molecule has 2 aromatic carbocycles. The summed E-state index contributed by atoms with van der Waals surface area (Å²) in [6.45, 7) is 3.55. The Kier molecular flexibility index (Phi) is 4.98. The van der Waals surface area contributed by atoms with Gasteiger partial charge in [0.1, 0.15) is 6.54 Å². The van der Waals surface area contributed by atoms with Gasteiger partial charge in [0.15, 0.2) is 17.0 Å². The van der Waals surface area contributed by atoms with Crippen LogP contribution in [-0.4, -0.2) is 31.8 Å². The van der Waals surface area contributed by atoms with Crippen LogP contribution in [0.1, 0.15) is 30.7 Å². The quantitative estimate of drug-likeness (QED) is 0.542. The first-order chi connectivity index (χ1) is 15.0. The number of hydrogen-bond acceptors (Lipinski definition) is 3. The van der Waals surface area contributed by atoms with E-state index in [4.69, 9.17) is 4.98 Å². The van der Waals surface area contributed by atoms with Gasteiger partial charge in [0, 0.05) is 14.1 Å². The molecule has 7 nitrogen and oxygen atoms in total. The predicted octanol–water partition coefficient (Wildman–Crippen LogP) is 1.20. The van der Waals surface area contributed by atoms with Crippen LogP contribution in [0.15, 0.2) is 52.1 Å². The predicted molar refractivity (Wildman–Crippen MR) is 122 cm³/mol. The molecule has 2 aromatic heterocycles. The van der Waals surface area contributed by atoms with E-state index in [1.54, 1.807) is 7.05 Å². The van der Waals surface area contributed by atoms with E-state index in [2.05, 4.69) is 30.3 Å². The summed E-state index contributed by atoms with van der Waals surface area (Å²) in [7, 11) is 3.23. The topological polar surface area (TPSA) is 66.3 Å². The Morgan fingerprint density at radius 3 is 2.48 bits per heavy atom. The maximum absolute atomic E-state index is 13.2. The van der Waals surface area contributed by atoms with Crippen molar-refractivity contribution in [1.29, 1.82) is 0 Å². The molecule has 1 N–H and O–H groups in total. The average Bonchev–Trinajstić information content (AvgIpc) is 3.15. The number of likely N-dealkylation sites (tertiary alicyclic amines) is 1. The van der Waals surface area contributed by atoms with Crippen LogP contribution in [0.5, 0.6) is 0 Å². The molecule has 0 amide bonds. The summed E-state index contributed by atoms with van der Waals surface area (Å²) >= 11 is 0. The number of quaternary nitrogens is 1. The van der Waals surface area contributed by atoms with Gasteiger partial charge in [-0.3, -0.25) is 13.9 Å². The highest BCUT2D eigenvalue weighted by Crippen LogP contribution is 2.21. The number of aromatic nitrogens is 4. The molecular weight excluding hydrogens is 390 g/mol.